The van der Waals surface area contributed by atoms with Crippen LogP contribution in [0.5, 0.6) is 5.75 Å². The number of hydrogen-bond acceptors (Lipinski definition) is 6. The third kappa shape index (κ3) is 4.16. The molecule has 0 fully saturated rings. The summed E-state index contributed by atoms with van der Waals surface area (Å²) >= 11 is 1.29. The van der Waals surface area contributed by atoms with Gasteiger partial charge >= 0.3 is 5.97 Å². The molecule has 0 amide bonds. The van der Waals surface area contributed by atoms with Crippen molar-refractivity contribution in [1.82, 2.24) is 4.57 Å². The Morgan fingerprint density at radius 2 is 1.82 bits per heavy atom. The van der Waals surface area contributed by atoms with Crippen LogP contribution in [-0.2, 0) is 9.53 Å². The molecule has 7 heteroatoms. The summed E-state index contributed by atoms with van der Waals surface area (Å²) in [6.45, 7) is 6.03. The predicted octanol–water partition coefficient (Wildman–Crippen LogP) is 3.54. The summed E-state index contributed by atoms with van der Waals surface area (Å²) in [6.07, 6.45) is 1.80. The van der Waals surface area contributed by atoms with Crippen LogP contribution in [0, 0.1) is 0 Å². The molecule has 2 heterocycles. The first-order chi connectivity index (χ1) is 15.8. The minimum Gasteiger partial charge on any atom is -0.496 e. The molecule has 0 radical (unpaired) electrons. The van der Waals surface area contributed by atoms with E-state index in [2.05, 4.69) is 18.8 Å². The maximum absolute atomic E-state index is 13.6. The standard InChI is InChI=1S/C26H26N2O4S/c1-15(2)17-10-12-18(13-11-17)23-22(25(30)32-5)16(3)27-26-28(23)24(29)21(33-26)14-19-8-6-7-9-20(19)31-4/h6-15,23H,1-5H3. The number of aromatic nitrogens is 1. The van der Waals surface area contributed by atoms with E-state index in [0.29, 0.717) is 32.3 Å². The maximum Gasteiger partial charge on any atom is 0.338 e. The van der Waals surface area contributed by atoms with Gasteiger partial charge in [-0.3, -0.25) is 9.36 Å². The van der Waals surface area contributed by atoms with Gasteiger partial charge in [-0.15, -0.1) is 0 Å². The van der Waals surface area contributed by atoms with Crippen molar-refractivity contribution in [3.05, 3.63) is 96.2 Å². The van der Waals surface area contributed by atoms with E-state index in [1.165, 1.54) is 24.0 Å². The minimum absolute atomic E-state index is 0.212. The summed E-state index contributed by atoms with van der Waals surface area (Å²) in [7, 11) is 2.94. The quantitative estimate of drug-likeness (QED) is 0.544. The van der Waals surface area contributed by atoms with Crippen molar-refractivity contribution in [3.8, 4) is 5.75 Å². The fourth-order valence-corrected chi connectivity index (χ4v) is 5.04. The highest BCUT2D eigenvalue weighted by molar-refractivity contribution is 7.07. The Hall–Kier alpha value is -3.45. The van der Waals surface area contributed by atoms with Gasteiger partial charge < -0.3 is 9.47 Å². The third-order valence-electron chi connectivity index (χ3n) is 5.77. The van der Waals surface area contributed by atoms with Crippen LogP contribution in [0.3, 0.4) is 0 Å². The monoisotopic (exact) mass is 462 g/mol. The Morgan fingerprint density at radius 3 is 2.45 bits per heavy atom. The molecule has 1 aliphatic heterocycles. The lowest BCUT2D eigenvalue weighted by molar-refractivity contribution is -0.136. The van der Waals surface area contributed by atoms with Crippen molar-refractivity contribution in [2.45, 2.75) is 32.7 Å². The molecule has 0 saturated heterocycles. The molecule has 0 aliphatic carbocycles. The Labute approximate surface area is 196 Å². The molecule has 1 atom stereocenters. The van der Waals surface area contributed by atoms with Crippen LogP contribution in [0.1, 0.15) is 49.4 Å². The maximum atomic E-state index is 13.6. The highest BCUT2D eigenvalue weighted by Gasteiger charge is 2.33. The van der Waals surface area contributed by atoms with Crippen LogP contribution in [0.15, 0.2) is 69.6 Å². The van der Waals surface area contributed by atoms with E-state index in [-0.39, 0.29) is 5.56 Å². The Kier molecular flexibility index (Phi) is 6.33. The molecule has 1 aromatic heterocycles. The van der Waals surface area contributed by atoms with Crippen LogP contribution in [0.25, 0.3) is 6.08 Å². The first kappa shape index (κ1) is 22.7. The van der Waals surface area contributed by atoms with E-state index in [1.807, 2.05) is 48.5 Å². The largest absolute Gasteiger partial charge is 0.496 e. The molecule has 2 aromatic carbocycles. The number of para-hydroxylation sites is 1. The second-order valence-electron chi connectivity index (χ2n) is 8.14. The summed E-state index contributed by atoms with van der Waals surface area (Å²) in [5.74, 6) is 0.558. The molecule has 0 N–H and O–H groups in total. The van der Waals surface area contributed by atoms with Crippen LogP contribution in [-0.4, -0.2) is 24.8 Å². The number of fused-ring (bicyclic) bond motifs is 1. The normalized spacial score (nSPS) is 15.9. The third-order valence-corrected chi connectivity index (χ3v) is 6.75. The predicted molar refractivity (Wildman–Crippen MR) is 129 cm³/mol. The average Bonchev–Trinajstić information content (AvgIpc) is 3.12. The van der Waals surface area contributed by atoms with Gasteiger partial charge in [-0.25, -0.2) is 9.79 Å². The fraction of sp³-hybridized carbons (Fsp3) is 0.269. The molecule has 0 spiro atoms. The van der Waals surface area contributed by atoms with Crippen molar-refractivity contribution in [3.63, 3.8) is 0 Å². The number of allylic oxidation sites excluding steroid dienone is 1. The number of rotatable bonds is 5. The lowest BCUT2D eigenvalue weighted by Gasteiger charge is -2.24. The van der Waals surface area contributed by atoms with E-state index < -0.39 is 12.0 Å². The molecule has 170 valence electrons. The number of nitrogens with zero attached hydrogens (tertiary/aromatic N) is 2. The molecule has 6 nitrogen and oxygen atoms in total. The van der Waals surface area contributed by atoms with Crippen molar-refractivity contribution in [1.29, 1.82) is 0 Å². The number of hydrogen-bond donors (Lipinski definition) is 0. The number of carbonyl (C=O) groups is 1. The molecule has 0 bridgehead atoms. The number of methoxy groups -OCH3 is 2. The zero-order chi connectivity index (χ0) is 23.7. The molecule has 1 aliphatic rings. The van der Waals surface area contributed by atoms with E-state index in [9.17, 15) is 9.59 Å². The molecule has 33 heavy (non-hydrogen) atoms. The van der Waals surface area contributed by atoms with E-state index >= 15 is 0 Å². The zero-order valence-electron chi connectivity index (χ0n) is 19.3. The van der Waals surface area contributed by atoms with Crippen molar-refractivity contribution in [2.24, 2.45) is 4.99 Å². The Bertz CT molecular complexity index is 1410. The minimum atomic E-state index is -0.616. The van der Waals surface area contributed by atoms with Crippen LogP contribution in [0.2, 0.25) is 0 Å². The van der Waals surface area contributed by atoms with Crippen LogP contribution in [0.4, 0.5) is 0 Å². The first-order valence-corrected chi connectivity index (χ1v) is 11.5. The summed E-state index contributed by atoms with van der Waals surface area (Å²) < 4.78 is 12.6. The van der Waals surface area contributed by atoms with Crippen LogP contribution < -0.4 is 19.6 Å². The molecular formula is C26H26N2O4S. The summed E-state index contributed by atoms with van der Waals surface area (Å²) in [4.78, 5) is 31.5. The summed E-state index contributed by atoms with van der Waals surface area (Å²) in [5.41, 5.74) is 3.51. The van der Waals surface area contributed by atoms with E-state index in [0.717, 1.165) is 11.1 Å². The lowest BCUT2D eigenvalue weighted by atomic mass is 9.93. The van der Waals surface area contributed by atoms with Crippen LogP contribution >= 0.6 is 11.3 Å². The first-order valence-electron chi connectivity index (χ1n) is 10.7. The molecule has 4 rings (SSSR count). The lowest BCUT2D eigenvalue weighted by Crippen LogP contribution is -2.39. The van der Waals surface area contributed by atoms with Gasteiger partial charge in [0.25, 0.3) is 5.56 Å². The van der Waals surface area contributed by atoms with Gasteiger partial charge in [0.15, 0.2) is 4.80 Å². The van der Waals surface area contributed by atoms with Gasteiger partial charge in [-0.2, -0.15) is 0 Å². The summed E-state index contributed by atoms with van der Waals surface area (Å²) in [5, 5.41) is 0. The van der Waals surface area contributed by atoms with Gasteiger partial charge in [0.2, 0.25) is 0 Å². The number of esters is 1. The zero-order valence-corrected chi connectivity index (χ0v) is 20.1. The molecule has 3 aromatic rings. The van der Waals surface area contributed by atoms with Gasteiger partial charge in [0.1, 0.15) is 5.75 Å². The molecule has 1 unspecified atom stereocenters. The highest BCUT2D eigenvalue weighted by atomic mass is 32.1. The van der Waals surface area contributed by atoms with Crippen molar-refractivity contribution < 1.29 is 14.3 Å². The van der Waals surface area contributed by atoms with Gasteiger partial charge in [-0.1, -0.05) is 67.6 Å². The van der Waals surface area contributed by atoms with Gasteiger partial charge in [0.05, 0.1) is 36.1 Å². The summed E-state index contributed by atoms with van der Waals surface area (Å²) in [6, 6.07) is 14.9. The number of ether oxygens (including phenoxy) is 2. The van der Waals surface area contributed by atoms with E-state index in [1.54, 1.807) is 24.7 Å². The average molecular weight is 463 g/mol. The molecular weight excluding hydrogens is 436 g/mol. The number of thiazole rings is 1. The van der Waals surface area contributed by atoms with E-state index in [4.69, 9.17) is 9.47 Å². The van der Waals surface area contributed by atoms with Gasteiger partial charge in [0, 0.05) is 5.56 Å². The number of carbonyl (C=O) groups excluding carboxylic acids is 1. The second-order valence-corrected chi connectivity index (χ2v) is 9.15. The molecule has 0 saturated carbocycles. The topological polar surface area (TPSA) is 69.9 Å². The van der Waals surface area contributed by atoms with Crippen molar-refractivity contribution >= 4 is 23.4 Å². The second kappa shape index (κ2) is 9.19. The smallest absolute Gasteiger partial charge is 0.338 e. The Balaban J connectivity index is 1.96. The number of benzene rings is 2. The van der Waals surface area contributed by atoms with Crippen molar-refractivity contribution in [2.75, 3.05) is 14.2 Å². The highest BCUT2D eigenvalue weighted by Crippen LogP contribution is 2.31. The SMILES string of the molecule is COC(=O)C1=C(C)N=c2sc(=Cc3ccccc3OC)c(=O)n2C1c1ccc(C(C)C)cc1. The van der Waals surface area contributed by atoms with Gasteiger partial charge in [-0.05, 0) is 36.1 Å². The fourth-order valence-electron chi connectivity index (χ4n) is 4.00. The Morgan fingerprint density at radius 1 is 1.12 bits per heavy atom.